The van der Waals surface area contributed by atoms with Gasteiger partial charge in [-0.15, -0.1) is 0 Å². The number of ether oxygens (including phenoxy) is 4. The number of hydrogen-bond donors (Lipinski definition) is 6. The number of H-pyrrole nitrogens is 2. The smallest absolute Gasteiger partial charge is 0.407 e. The monoisotopic (exact) mass is 770 g/mol. The average Bonchev–Trinajstić information content (AvgIpc) is 3.88. The summed E-state index contributed by atoms with van der Waals surface area (Å²) in [4.78, 5) is 67.1. The van der Waals surface area contributed by atoms with Crippen molar-refractivity contribution in [3.63, 3.8) is 0 Å². The molecular weight excluding hydrogens is 720 g/mol. The fourth-order valence-corrected chi connectivity index (χ4v) is 6.34. The molecule has 2 heterocycles. The van der Waals surface area contributed by atoms with E-state index >= 15 is 0 Å². The number of nitrogens with one attached hydrogen (secondary N) is 6. The predicted molar refractivity (Wildman–Crippen MR) is 210 cm³/mol. The first-order chi connectivity index (χ1) is 26.7. The van der Waals surface area contributed by atoms with Gasteiger partial charge in [0.2, 0.25) is 0 Å². The van der Waals surface area contributed by atoms with Crippen LogP contribution in [-0.4, -0.2) is 96.0 Å². The Kier molecular flexibility index (Phi) is 14.6. The van der Waals surface area contributed by atoms with Crippen molar-refractivity contribution in [3.8, 4) is 33.6 Å². The molecule has 298 valence electrons. The molecule has 0 bridgehead atoms. The highest BCUT2D eigenvalue weighted by molar-refractivity contribution is 5.96. The van der Waals surface area contributed by atoms with Crippen LogP contribution >= 0.6 is 0 Å². The Morgan fingerprint density at radius 2 is 0.893 bits per heavy atom. The van der Waals surface area contributed by atoms with Crippen molar-refractivity contribution in [2.24, 2.45) is 11.8 Å². The first kappa shape index (κ1) is 42.4. The van der Waals surface area contributed by atoms with E-state index in [1.165, 1.54) is 28.4 Å². The Balaban J connectivity index is 1.50. The number of methoxy groups -OCH3 is 4. The van der Waals surface area contributed by atoms with Crippen LogP contribution in [0.2, 0.25) is 0 Å². The number of nitrogens with zero attached hydrogens (tertiary/aromatic N) is 2. The van der Waals surface area contributed by atoms with Gasteiger partial charge >= 0.3 is 12.2 Å². The van der Waals surface area contributed by atoms with Gasteiger partial charge in [-0.2, -0.15) is 0 Å². The predicted octanol–water partition coefficient (Wildman–Crippen LogP) is 6.23. The number of hydrogen-bond acceptors (Lipinski definition) is 12. The van der Waals surface area contributed by atoms with E-state index in [1.807, 2.05) is 76.2 Å². The number of carbonyl (C=O) groups excluding carboxylic acids is 4. The average molecular weight is 771 g/mol. The summed E-state index contributed by atoms with van der Waals surface area (Å²) in [5.74, 6) is -1.83. The number of imidazole rings is 2. The van der Waals surface area contributed by atoms with Crippen LogP contribution in [-0.2, 0) is 28.5 Å². The van der Waals surface area contributed by atoms with Gasteiger partial charge in [-0.1, -0.05) is 76.2 Å². The zero-order valence-electron chi connectivity index (χ0n) is 32.8. The van der Waals surface area contributed by atoms with Crippen molar-refractivity contribution in [3.05, 3.63) is 72.6 Å². The number of carbonyl (C=O) groups is 4. The van der Waals surface area contributed by atoms with Crippen molar-refractivity contribution in [1.82, 2.24) is 30.6 Å². The molecule has 0 fully saturated rings. The Labute approximate surface area is 325 Å². The van der Waals surface area contributed by atoms with Crippen LogP contribution in [0.4, 0.5) is 9.59 Å². The van der Waals surface area contributed by atoms with E-state index in [9.17, 15) is 19.2 Å². The molecule has 0 aliphatic heterocycles. The molecule has 0 saturated heterocycles. The van der Waals surface area contributed by atoms with Crippen LogP contribution in [0.15, 0.2) is 60.9 Å². The van der Waals surface area contributed by atoms with Crippen molar-refractivity contribution < 1.29 is 38.1 Å². The largest absolute Gasteiger partial charge is 0.484 e. The van der Waals surface area contributed by atoms with E-state index in [4.69, 9.17) is 29.8 Å². The first-order valence-electron chi connectivity index (χ1n) is 18.0. The lowest BCUT2D eigenvalue weighted by molar-refractivity contribution is -0.124. The molecule has 6 N–H and O–H groups in total. The van der Waals surface area contributed by atoms with Crippen LogP contribution in [0, 0.1) is 22.7 Å². The number of aromatic nitrogens is 4. The third-order valence-electron chi connectivity index (χ3n) is 9.37. The zero-order valence-corrected chi connectivity index (χ0v) is 32.8. The van der Waals surface area contributed by atoms with E-state index in [-0.39, 0.29) is 48.0 Å². The highest BCUT2D eigenvalue weighted by Gasteiger charge is 2.36. The molecule has 4 aromatic rings. The molecule has 4 atom stereocenters. The Hall–Kier alpha value is -6.32. The maximum absolute atomic E-state index is 13.7. The standard InChI is InChI=1S/C40H50N8O8/c1-21(2)33(35(49)27(17-31(41)53-5)47-39(51)55-7)37-43-19-29(45-37)25-13-9-23(10-14-25)24-11-15-26(16-12-24)30-20-44-38(46-30)34(22(3)4)36(50)28(18-32(42)54-6)48-40(52)56-8/h9-16,19-22,27-28,33-34,41-42H,17-18H2,1-8H3,(H,43,45)(H,44,46)(H,47,51)(H,48,52)/t27-,28-,33-,34-/m0/s1. The zero-order chi connectivity index (χ0) is 41.1. The van der Waals surface area contributed by atoms with E-state index in [1.54, 1.807) is 12.4 Å². The van der Waals surface area contributed by atoms with Gasteiger partial charge in [0.15, 0.2) is 23.4 Å². The van der Waals surface area contributed by atoms with Gasteiger partial charge in [0.25, 0.3) is 0 Å². The molecule has 0 spiro atoms. The summed E-state index contributed by atoms with van der Waals surface area (Å²) in [5, 5.41) is 20.9. The van der Waals surface area contributed by atoms with Crippen molar-refractivity contribution >= 4 is 35.5 Å². The Morgan fingerprint density at radius 3 is 1.18 bits per heavy atom. The highest BCUT2D eigenvalue weighted by Crippen LogP contribution is 2.31. The summed E-state index contributed by atoms with van der Waals surface area (Å²) in [6.45, 7) is 7.55. The Bertz CT molecular complexity index is 1820. The highest BCUT2D eigenvalue weighted by atomic mass is 16.5. The lowest BCUT2D eigenvalue weighted by Gasteiger charge is -2.24. The molecule has 0 saturated carbocycles. The summed E-state index contributed by atoms with van der Waals surface area (Å²) in [7, 11) is 5.07. The summed E-state index contributed by atoms with van der Waals surface area (Å²) >= 11 is 0. The molecule has 56 heavy (non-hydrogen) atoms. The van der Waals surface area contributed by atoms with Crippen LogP contribution in [0.1, 0.15) is 64.0 Å². The van der Waals surface area contributed by atoms with E-state index in [2.05, 4.69) is 30.6 Å². The molecule has 2 aromatic carbocycles. The van der Waals surface area contributed by atoms with Gasteiger partial charge in [-0.25, -0.2) is 19.6 Å². The van der Waals surface area contributed by atoms with Crippen molar-refractivity contribution in [2.45, 2.75) is 64.5 Å². The van der Waals surface area contributed by atoms with Gasteiger partial charge in [0.1, 0.15) is 23.7 Å². The minimum Gasteiger partial charge on any atom is -0.484 e. The molecule has 2 aromatic heterocycles. The second-order valence-electron chi connectivity index (χ2n) is 13.8. The van der Waals surface area contributed by atoms with E-state index < -0.39 is 36.1 Å². The first-order valence-corrected chi connectivity index (χ1v) is 18.0. The number of amides is 2. The summed E-state index contributed by atoms with van der Waals surface area (Å²) < 4.78 is 19.3. The minimum atomic E-state index is -1.05. The molecule has 2 amide bonds. The lowest BCUT2D eigenvalue weighted by atomic mass is 9.86. The van der Waals surface area contributed by atoms with Crippen LogP contribution in [0.25, 0.3) is 33.6 Å². The number of aromatic amines is 2. The molecule has 0 radical (unpaired) electrons. The number of ketones is 2. The number of alkyl carbamates (subject to hydrolysis) is 2. The number of benzene rings is 2. The third kappa shape index (κ3) is 10.5. The maximum atomic E-state index is 13.7. The molecule has 16 nitrogen and oxygen atoms in total. The molecule has 0 aliphatic rings. The van der Waals surface area contributed by atoms with Gasteiger partial charge in [-0.3, -0.25) is 20.4 Å². The minimum absolute atomic E-state index is 0.131. The molecule has 16 heteroatoms. The van der Waals surface area contributed by atoms with E-state index in [0.29, 0.717) is 23.0 Å². The van der Waals surface area contributed by atoms with Gasteiger partial charge in [0.05, 0.1) is 76.9 Å². The van der Waals surface area contributed by atoms with Gasteiger partial charge in [-0.05, 0) is 34.1 Å². The molecule has 0 aliphatic carbocycles. The van der Waals surface area contributed by atoms with Crippen molar-refractivity contribution in [2.75, 3.05) is 28.4 Å². The molecule has 0 unspecified atom stereocenters. The topological polar surface area (TPSA) is 234 Å². The summed E-state index contributed by atoms with van der Waals surface area (Å²) in [5.41, 5.74) is 5.06. The summed E-state index contributed by atoms with van der Waals surface area (Å²) in [6, 6.07) is 13.7. The molecule has 4 rings (SSSR count). The van der Waals surface area contributed by atoms with Gasteiger partial charge in [0, 0.05) is 0 Å². The lowest BCUT2D eigenvalue weighted by Crippen LogP contribution is -2.45. The molecular formula is C40H50N8O8. The SMILES string of the molecule is COC(=N)C[C@H](NC(=O)OC)C(=O)[C@@H](c1ncc(-c2ccc(-c3ccc(-c4cnc([C@H](C(=O)[C@H](CC(=N)OC)NC(=O)OC)C(C)C)[nH]4)cc3)cc2)[nH]1)C(C)C. The third-order valence-corrected chi connectivity index (χ3v) is 9.37. The number of rotatable bonds is 17. The fraction of sp³-hybridized carbons (Fsp3) is 0.400. The van der Waals surface area contributed by atoms with Crippen LogP contribution in [0.3, 0.4) is 0 Å². The maximum Gasteiger partial charge on any atom is 0.407 e. The van der Waals surface area contributed by atoms with Crippen molar-refractivity contribution in [1.29, 1.82) is 10.8 Å². The van der Waals surface area contributed by atoms with E-state index in [0.717, 1.165) is 22.3 Å². The normalized spacial score (nSPS) is 13.2. The quantitative estimate of drug-likeness (QED) is 0.0523. The van der Waals surface area contributed by atoms with Gasteiger partial charge < -0.3 is 39.5 Å². The van der Waals surface area contributed by atoms with Crippen LogP contribution < -0.4 is 10.6 Å². The van der Waals surface area contributed by atoms with Crippen LogP contribution in [0.5, 0.6) is 0 Å². The summed E-state index contributed by atoms with van der Waals surface area (Å²) in [6.07, 6.45) is 1.50. The number of Topliss-reactive ketones (excluding diaryl/α,β-unsaturated/α-hetero) is 2. The second kappa shape index (κ2) is 19.3. The Morgan fingerprint density at radius 1 is 0.571 bits per heavy atom. The fourth-order valence-electron chi connectivity index (χ4n) is 6.34. The second-order valence-corrected chi connectivity index (χ2v) is 13.8.